The van der Waals surface area contributed by atoms with Crippen LogP contribution in [0.3, 0.4) is 0 Å². The number of piperidine rings is 1. The van der Waals surface area contributed by atoms with Crippen LogP contribution in [0.25, 0.3) is 10.9 Å². The number of hydrogen-bond donors (Lipinski definition) is 2. The van der Waals surface area contributed by atoms with E-state index in [1.807, 2.05) is 52.0 Å². The molecule has 0 amide bonds. The molecule has 1 aliphatic rings. The molecule has 0 atom stereocenters. The maximum Gasteiger partial charge on any atom is 0.180 e. The number of aryl methyl sites for hydroxylation is 1. The van der Waals surface area contributed by atoms with Crippen molar-refractivity contribution in [2.24, 2.45) is 0 Å². The van der Waals surface area contributed by atoms with E-state index in [1.165, 1.54) is 5.06 Å². The Labute approximate surface area is 142 Å². The Morgan fingerprint density at radius 1 is 1.12 bits per heavy atom. The molecular weight excluding hydrogens is 304 g/mol. The molecule has 1 fully saturated rings. The number of hydrogen-bond acceptors (Lipinski definition) is 5. The Hall–Kier alpha value is -1.85. The van der Waals surface area contributed by atoms with Crippen LogP contribution in [0.15, 0.2) is 24.3 Å². The van der Waals surface area contributed by atoms with E-state index < -0.39 is 11.1 Å². The lowest BCUT2D eigenvalue weighted by molar-refractivity contribution is -0.254. The summed E-state index contributed by atoms with van der Waals surface area (Å²) in [6, 6.07) is 7.66. The summed E-state index contributed by atoms with van der Waals surface area (Å²) in [6.07, 6.45) is 1.24. The third kappa shape index (κ3) is 2.82. The molecule has 0 saturated carbocycles. The van der Waals surface area contributed by atoms with E-state index in [2.05, 4.69) is 4.98 Å². The highest BCUT2D eigenvalue weighted by Crippen LogP contribution is 2.42. The smallest absolute Gasteiger partial charge is 0.180 e. The molecule has 24 heavy (non-hydrogen) atoms. The van der Waals surface area contributed by atoms with Gasteiger partial charge in [-0.3, -0.25) is 0 Å². The van der Waals surface area contributed by atoms with Crippen LogP contribution in [0.4, 0.5) is 0 Å². The van der Waals surface area contributed by atoms with Gasteiger partial charge in [-0.25, -0.2) is 4.98 Å². The minimum absolute atomic E-state index is 0.0933. The number of pyridine rings is 1. The third-order valence-electron chi connectivity index (χ3n) is 4.88. The average Bonchev–Trinajstić information content (AvgIpc) is 2.49. The van der Waals surface area contributed by atoms with Crippen LogP contribution >= 0.6 is 0 Å². The highest BCUT2D eigenvalue weighted by Gasteiger charge is 2.46. The zero-order valence-corrected chi connectivity index (χ0v) is 15.0. The first-order chi connectivity index (χ1) is 11.1. The van der Waals surface area contributed by atoms with Gasteiger partial charge in [0, 0.05) is 29.3 Å². The van der Waals surface area contributed by atoms with E-state index in [9.17, 15) is 10.3 Å². The van der Waals surface area contributed by atoms with E-state index in [0.29, 0.717) is 24.3 Å². The fourth-order valence-corrected chi connectivity index (χ4v) is 3.84. The number of benzene rings is 1. The Morgan fingerprint density at radius 2 is 1.71 bits per heavy atom. The molecule has 2 aromatic rings. The van der Waals surface area contributed by atoms with Crippen molar-refractivity contribution in [3.8, 4) is 11.5 Å². The van der Waals surface area contributed by atoms with E-state index >= 15 is 0 Å². The fourth-order valence-electron chi connectivity index (χ4n) is 3.84. The zero-order valence-electron chi connectivity index (χ0n) is 15.0. The number of ether oxygens (including phenoxy) is 1. The van der Waals surface area contributed by atoms with E-state index in [0.717, 1.165) is 10.9 Å². The normalized spacial score (nSPS) is 21.1. The minimum atomic E-state index is -0.403. The zero-order chi connectivity index (χ0) is 17.7. The number of para-hydroxylation sites is 1. The van der Waals surface area contributed by atoms with Crippen LogP contribution in [0.5, 0.6) is 11.5 Å². The highest BCUT2D eigenvalue weighted by molar-refractivity contribution is 5.87. The van der Waals surface area contributed by atoms with Gasteiger partial charge in [0.1, 0.15) is 6.10 Å². The monoisotopic (exact) mass is 330 g/mol. The van der Waals surface area contributed by atoms with Gasteiger partial charge >= 0.3 is 0 Å². The molecule has 0 unspecified atom stereocenters. The number of fused-ring (bicyclic) bond motifs is 1. The first-order valence-corrected chi connectivity index (χ1v) is 8.36. The lowest BCUT2D eigenvalue weighted by Gasteiger charge is -2.51. The first kappa shape index (κ1) is 17.0. The second-order valence-corrected chi connectivity index (χ2v) is 7.98. The maximum absolute atomic E-state index is 10.5. The van der Waals surface area contributed by atoms with Crippen LogP contribution in [0.2, 0.25) is 0 Å². The Morgan fingerprint density at radius 3 is 2.33 bits per heavy atom. The summed E-state index contributed by atoms with van der Waals surface area (Å²) < 4.78 is 6.27. The summed E-state index contributed by atoms with van der Waals surface area (Å²) in [5.74, 6) is 0.580. The molecule has 1 saturated heterocycles. The number of aromatic nitrogens is 1. The van der Waals surface area contributed by atoms with E-state index in [1.54, 1.807) is 6.92 Å². The molecule has 0 aliphatic carbocycles. The second-order valence-electron chi connectivity index (χ2n) is 7.98. The third-order valence-corrected chi connectivity index (χ3v) is 4.88. The molecule has 1 aromatic heterocycles. The molecule has 0 radical (unpaired) electrons. The largest absolute Gasteiger partial charge is 0.503 e. The predicted molar refractivity (Wildman–Crippen MR) is 93.6 cm³/mol. The molecule has 1 aliphatic heterocycles. The quantitative estimate of drug-likeness (QED) is 0.870. The van der Waals surface area contributed by atoms with Crippen molar-refractivity contribution in [2.75, 3.05) is 0 Å². The van der Waals surface area contributed by atoms with Crippen molar-refractivity contribution in [3.05, 3.63) is 30.0 Å². The number of hydroxylamine groups is 2. The van der Waals surface area contributed by atoms with Crippen molar-refractivity contribution in [1.29, 1.82) is 0 Å². The predicted octanol–water partition coefficient (Wildman–Crippen LogP) is 4.04. The Bertz CT molecular complexity index is 753. The standard InChI is InChI=1S/C19H26N2O3/c1-12-16(22)17(14-8-6-7-9-15(14)20-12)24-13-10-18(2,3)21(23)19(4,5)11-13/h6-9,13,22-23H,10-11H2,1-5H3. The van der Waals surface area contributed by atoms with Gasteiger partial charge in [0.25, 0.3) is 0 Å². The molecule has 2 N–H and O–H groups in total. The summed E-state index contributed by atoms with van der Waals surface area (Å²) >= 11 is 0. The van der Waals surface area contributed by atoms with Crippen LogP contribution in [0.1, 0.15) is 46.2 Å². The van der Waals surface area contributed by atoms with Gasteiger partial charge in [-0.15, -0.1) is 0 Å². The topological polar surface area (TPSA) is 65.8 Å². The first-order valence-electron chi connectivity index (χ1n) is 8.36. The lowest BCUT2D eigenvalue weighted by Crippen LogP contribution is -2.61. The second kappa shape index (κ2) is 5.60. The van der Waals surface area contributed by atoms with Gasteiger partial charge < -0.3 is 15.1 Å². The van der Waals surface area contributed by atoms with Gasteiger partial charge in [-0.1, -0.05) is 12.1 Å². The maximum atomic E-state index is 10.5. The lowest BCUT2D eigenvalue weighted by atomic mass is 9.80. The van der Waals surface area contributed by atoms with Crippen LogP contribution in [-0.4, -0.2) is 37.5 Å². The van der Waals surface area contributed by atoms with Gasteiger partial charge in [0.15, 0.2) is 11.5 Å². The van der Waals surface area contributed by atoms with Crippen molar-refractivity contribution >= 4 is 10.9 Å². The molecule has 5 heteroatoms. The van der Waals surface area contributed by atoms with Crippen molar-refractivity contribution < 1.29 is 15.1 Å². The van der Waals surface area contributed by atoms with E-state index in [4.69, 9.17) is 4.74 Å². The average molecular weight is 330 g/mol. The van der Waals surface area contributed by atoms with Crippen LogP contribution in [0, 0.1) is 6.92 Å². The molecule has 130 valence electrons. The Balaban J connectivity index is 2.00. The van der Waals surface area contributed by atoms with E-state index in [-0.39, 0.29) is 11.9 Å². The summed E-state index contributed by atoms with van der Waals surface area (Å²) in [5.41, 5.74) is 0.558. The van der Waals surface area contributed by atoms with Crippen LogP contribution in [-0.2, 0) is 0 Å². The number of nitrogens with zero attached hydrogens (tertiary/aromatic N) is 2. The van der Waals surface area contributed by atoms with Gasteiger partial charge in [-0.2, -0.15) is 5.06 Å². The molecule has 3 rings (SSSR count). The highest BCUT2D eigenvalue weighted by atomic mass is 16.5. The summed E-state index contributed by atoms with van der Waals surface area (Å²) in [4.78, 5) is 4.42. The van der Waals surface area contributed by atoms with Crippen molar-refractivity contribution in [2.45, 2.75) is 64.6 Å². The summed E-state index contributed by atoms with van der Waals surface area (Å²) in [7, 11) is 0. The van der Waals surface area contributed by atoms with Crippen LogP contribution < -0.4 is 4.74 Å². The SMILES string of the molecule is Cc1nc2ccccc2c(OC2CC(C)(C)N(O)C(C)(C)C2)c1O. The molecule has 2 heterocycles. The van der Waals surface area contributed by atoms with Gasteiger partial charge in [0.05, 0.1) is 11.2 Å². The molecule has 0 spiro atoms. The number of rotatable bonds is 2. The van der Waals surface area contributed by atoms with Gasteiger partial charge in [-0.05, 0) is 46.8 Å². The minimum Gasteiger partial charge on any atom is -0.503 e. The molecule has 1 aromatic carbocycles. The molecule has 0 bridgehead atoms. The Kier molecular flexibility index (Phi) is 3.97. The fraction of sp³-hybridized carbons (Fsp3) is 0.526. The van der Waals surface area contributed by atoms with Crippen molar-refractivity contribution in [3.63, 3.8) is 0 Å². The van der Waals surface area contributed by atoms with Crippen molar-refractivity contribution in [1.82, 2.24) is 10.0 Å². The van der Waals surface area contributed by atoms with Gasteiger partial charge in [0.2, 0.25) is 0 Å². The summed E-state index contributed by atoms with van der Waals surface area (Å²) in [6.45, 7) is 9.78. The number of aromatic hydroxyl groups is 1. The molecular formula is C19H26N2O3. The summed E-state index contributed by atoms with van der Waals surface area (Å²) in [5, 5.41) is 23.2. The molecule has 5 nitrogen and oxygen atoms in total.